The molecule has 234 valence electrons. The molecule has 4 heterocycles. The van der Waals surface area contributed by atoms with Crippen LogP contribution in [0.4, 0.5) is 29.6 Å². The molecule has 4 aromatic rings. The van der Waals surface area contributed by atoms with Gasteiger partial charge in [0.1, 0.15) is 5.60 Å². The normalized spacial score (nSPS) is 16.0. The molecule has 1 saturated heterocycles. The van der Waals surface area contributed by atoms with Gasteiger partial charge in [-0.3, -0.25) is 0 Å². The van der Waals surface area contributed by atoms with Crippen molar-refractivity contribution in [3.8, 4) is 11.3 Å². The second-order valence-electron chi connectivity index (χ2n) is 11.4. The topological polar surface area (TPSA) is 137 Å². The molecule has 44 heavy (non-hydrogen) atoms. The van der Waals surface area contributed by atoms with E-state index in [9.17, 15) is 26.4 Å². The van der Waals surface area contributed by atoms with E-state index in [-0.39, 0.29) is 23.0 Å². The van der Waals surface area contributed by atoms with E-state index in [1.54, 1.807) is 51.1 Å². The van der Waals surface area contributed by atoms with Gasteiger partial charge < -0.3 is 20.3 Å². The van der Waals surface area contributed by atoms with Crippen LogP contribution in [-0.4, -0.2) is 75.8 Å². The lowest BCUT2D eigenvalue weighted by Crippen LogP contribution is -2.46. The first-order valence-electron chi connectivity index (χ1n) is 13.8. The number of ether oxygens (including phenoxy) is 1. The number of nitrogens with zero attached hydrogens (tertiary/aromatic N) is 6. The molecule has 0 spiro atoms. The van der Waals surface area contributed by atoms with Crippen molar-refractivity contribution in [3.05, 3.63) is 61.1 Å². The van der Waals surface area contributed by atoms with E-state index < -0.39 is 46.9 Å². The number of rotatable bonds is 7. The van der Waals surface area contributed by atoms with Crippen molar-refractivity contribution >= 4 is 38.8 Å². The Morgan fingerprint density at radius 1 is 1.09 bits per heavy atom. The van der Waals surface area contributed by atoms with Crippen molar-refractivity contribution in [3.63, 3.8) is 0 Å². The molecule has 3 aromatic heterocycles. The predicted octanol–water partition coefficient (Wildman–Crippen LogP) is 5.08. The summed E-state index contributed by atoms with van der Waals surface area (Å²) in [5.41, 5.74) is 6.44. The minimum Gasteiger partial charge on any atom is -0.444 e. The molecule has 1 aliphatic heterocycles. The van der Waals surface area contributed by atoms with Gasteiger partial charge in [0.15, 0.2) is 5.65 Å². The largest absolute Gasteiger partial charge is 0.444 e. The number of halogens is 3. The monoisotopic (exact) mass is 631 g/mol. The number of fused-ring (bicyclic) bond motifs is 1. The molecule has 1 aromatic carbocycles. The number of anilines is 2. The number of carbonyl (C=O) groups excluding carboxylic acids is 1. The molecule has 1 aliphatic rings. The first-order valence-corrected chi connectivity index (χ1v) is 15.3. The second-order valence-corrected chi connectivity index (χ2v) is 13.2. The van der Waals surface area contributed by atoms with E-state index in [1.165, 1.54) is 30.7 Å². The summed E-state index contributed by atoms with van der Waals surface area (Å²) in [6, 6.07) is 10.6. The van der Waals surface area contributed by atoms with Crippen LogP contribution in [0.1, 0.15) is 33.6 Å². The third-order valence-corrected chi connectivity index (χ3v) is 8.76. The zero-order valence-corrected chi connectivity index (χ0v) is 25.1. The maximum atomic E-state index is 13.8. The van der Waals surface area contributed by atoms with Gasteiger partial charge in [-0.05, 0) is 51.5 Å². The van der Waals surface area contributed by atoms with Crippen LogP contribution in [0.25, 0.3) is 22.3 Å². The molecule has 2 N–H and O–H groups in total. The third kappa shape index (κ3) is 6.56. The third-order valence-electron chi connectivity index (χ3n) is 7.09. The molecular formula is C29H32F3N7O4S. The van der Waals surface area contributed by atoms with Crippen LogP contribution in [0, 0.1) is 0 Å². The van der Waals surface area contributed by atoms with Gasteiger partial charge >= 0.3 is 12.3 Å². The standard InChI is InChI=1S/C29H32F3N7O4S/c1-28(2,3)43-27(40)38(16-12-29(30,31)32)19-11-15-37(17-19)23-10-14-34-25-24(23)21(22-9-13-35-26(33)36-22)18-39(25)44(41,42)20-7-5-4-6-8-20/h4-10,13-14,18-19H,11-12,15-17H2,1-3H3,(H2,33,35,36). The summed E-state index contributed by atoms with van der Waals surface area (Å²) in [5.74, 6) is -0.0151. The van der Waals surface area contributed by atoms with Crippen molar-refractivity contribution in [1.29, 1.82) is 0 Å². The van der Waals surface area contributed by atoms with Gasteiger partial charge in [-0.2, -0.15) is 13.2 Å². The summed E-state index contributed by atoms with van der Waals surface area (Å²) >= 11 is 0. The van der Waals surface area contributed by atoms with Gasteiger partial charge in [0, 0.05) is 43.8 Å². The number of carbonyl (C=O) groups is 1. The number of pyridine rings is 1. The number of nitrogens with two attached hydrogens (primary N) is 1. The second kappa shape index (κ2) is 11.6. The molecule has 5 rings (SSSR count). The Morgan fingerprint density at radius 3 is 2.45 bits per heavy atom. The number of nitrogen functional groups attached to an aromatic ring is 1. The molecule has 0 bridgehead atoms. The summed E-state index contributed by atoms with van der Waals surface area (Å²) in [4.78, 5) is 28.8. The Bertz CT molecular complexity index is 1770. The Kier molecular flexibility index (Phi) is 8.18. The zero-order valence-electron chi connectivity index (χ0n) is 24.3. The van der Waals surface area contributed by atoms with Gasteiger partial charge in [-0.1, -0.05) is 18.2 Å². The Labute approximate surface area is 252 Å². The first-order chi connectivity index (χ1) is 20.6. The fourth-order valence-corrected chi connectivity index (χ4v) is 6.52. The summed E-state index contributed by atoms with van der Waals surface area (Å²) in [7, 11) is -4.09. The molecule has 0 saturated carbocycles. The summed E-state index contributed by atoms with van der Waals surface area (Å²) in [6.07, 6.45) is -1.76. The predicted molar refractivity (Wildman–Crippen MR) is 158 cm³/mol. The zero-order chi connectivity index (χ0) is 31.9. The number of alkyl halides is 3. The minimum absolute atomic E-state index is 0.0151. The maximum Gasteiger partial charge on any atom is 0.410 e. The number of benzene rings is 1. The Hall–Kier alpha value is -4.40. The molecule has 1 amide bonds. The molecular weight excluding hydrogens is 599 g/mol. The average Bonchev–Trinajstić information content (AvgIpc) is 3.58. The quantitative estimate of drug-likeness (QED) is 0.296. The van der Waals surface area contributed by atoms with Crippen molar-refractivity contribution in [2.45, 2.75) is 56.3 Å². The van der Waals surface area contributed by atoms with Crippen LogP contribution >= 0.6 is 0 Å². The lowest BCUT2D eigenvalue weighted by molar-refractivity contribution is -0.138. The fourth-order valence-electron chi connectivity index (χ4n) is 5.19. The van der Waals surface area contributed by atoms with E-state index in [1.807, 2.05) is 4.90 Å². The van der Waals surface area contributed by atoms with Gasteiger partial charge in [0.2, 0.25) is 5.95 Å². The lowest BCUT2D eigenvalue weighted by Gasteiger charge is -2.32. The van der Waals surface area contributed by atoms with E-state index in [4.69, 9.17) is 10.5 Å². The highest BCUT2D eigenvalue weighted by Gasteiger charge is 2.38. The van der Waals surface area contributed by atoms with Crippen LogP contribution in [-0.2, 0) is 14.8 Å². The van der Waals surface area contributed by atoms with Crippen LogP contribution < -0.4 is 10.6 Å². The molecule has 11 nitrogen and oxygen atoms in total. The molecule has 1 unspecified atom stereocenters. The van der Waals surface area contributed by atoms with Crippen molar-refractivity contribution in [2.24, 2.45) is 0 Å². The minimum atomic E-state index is -4.46. The summed E-state index contributed by atoms with van der Waals surface area (Å²) in [6.45, 7) is 4.94. The number of amides is 1. The fraction of sp³-hybridized carbons (Fsp3) is 0.379. The smallest absolute Gasteiger partial charge is 0.410 e. The van der Waals surface area contributed by atoms with E-state index in [0.29, 0.717) is 35.3 Å². The van der Waals surface area contributed by atoms with Crippen LogP contribution in [0.5, 0.6) is 0 Å². The SMILES string of the molecule is CC(C)(C)OC(=O)N(CCC(F)(F)F)C1CCN(c2ccnc3c2c(-c2ccnc(N)n2)cn3S(=O)(=O)c2ccccc2)C1. The highest BCUT2D eigenvalue weighted by Crippen LogP contribution is 2.39. The van der Waals surface area contributed by atoms with E-state index in [0.717, 1.165) is 8.87 Å². The van der Waals surface area contributed by atoms with Crippen molar-refractivity contribution in [2.75, 3.05) is 30.3 Å². The molecule has 0 aliphatic carbocycles. The number of aromatic nitrogens is 4. The van der Waals surface area contributed by atoms with E-state index >= 15 is 0 Å². The van der Waals surface area contributed by atoms with Crippen LogP contribution in [0.15, 0.2) is 66.0 Å². The Morgan fingerprint density at radius 2 is 1.80 bits per heavy atom. The van der Waals surface area contributed by atoms with Gasteiger partial charge in [-0.15, -0.1) is 0 Å². The highest BCUT2D eigenvalue weighted by molar-refractivity contribution is 7.90. The van der Waals surface area contributed by atoms with Crippen LogP contribution in [0.3, 0.4) is 0 Å². The lowest BCUT2D eigenvalue weighted by atomic mass is 10.1. The number of hydrogen-bond donors (Lipinski definition) is 1. The van der Waals surface area contributed by atoms with Crippen molar-refractivity contribution in [1.82, 2.24) is 23.8 Å². The van der Waals surface area contributed by atoms with Gasteiger partial charge in [0.05, 0.1) is 34.1 Å². The summed E-state index contributed by atoms with van der Waals surface area (Å²) < 4.78 is 73.7. The molecule has 0 radical (unpaired) electrons. The first kappa shape index (κ1) is 31.0. The van der Waals surface area contributed by atoms with E-state index in [2.05, 4.69) is 15.0 Å². The van der Waals surface area contributed by atoms with Crippen molar-refractivity contribution < 1.29 is 31.1 Å². The number of hydrogen-bond acceptors (Lipinski definition) is 9. The highest BCUT2D eigenvalue weighted by atomic mass is 32.2. The molecule has 15 heteroatoms. The Balaban J connectivity index is 1.58. The molecule has 1 fully saturated rings. The molecule has 1 atom stereocenters. The van der Waals surface area contributed by atoms with Gasteiger partial charge in [-0.25, -0.2) is 32.1 Å². The van der Waals surface area contributed by atoms with Crippen LogP contribution in [0.2, 0.25) is 0 Å². The average molecular weight is 632 g/mol. The maximum absolute atomic E-state index is 13.8. The summed E-state index contributed by atoms with van der Waals surface area (Å²) in [5, 5.41) is 0.449. The van der Waals surface area contributed by atoms with Gasteiger partial charge in [0.25, 0.3) is 10.0 Å².